The molecule has 0 aliphatic heterocycles. The lowest BCUT2D eigenvalue weighted by molar-refractivity contribution is -0.143. The van der Waals surface area contributed by atoms with Crippen LogP contribution in [0.25, 0.3) is 4.96 Å². The first-order chi connectivity index (χ1) is 10.1. The molecule has 0 unspecified atom stereocenters. The summed E-state index contributed by atoms with van der Waals surface area (Å²) in [4.78, 5) is 27.8. The van der Waals surface area contributed by atoms with Crippen LogP contribution in [0.2, 0.25) is 0 Å². The summed E-state index contributed by atoms with van der Waals surface area (Å²) < 4.78 is 7.28. The molecule has 1 aliphatic carbocycles. The average molecular weight is 308 g/mol. The normalized spacial score (nSPS) is 22.5. The summed E-state index contributed by atoms with van der Waals surface area (Å²) >= 11 is 1.41. The predicted molar refractivity (Wildman–Crippen MR) is 77.5 cm³/mol. The van der Waals surface area contributed by atoms with E-state index >= 15 is 0 Å². The maximum absolute atomic E-state index is 11.8. The summed E-state index contributed by atoms with van der Waals surface area (Å²) in [6.07, 6.45) is 4.56. The van der Waals surface area contributed by atoms with Crippen LogP contribution in [0.15, 0.2) is 22.4 Å². The first-order valence-electron chi connectivity index (χ1n) is 6.93. The minimum absolute atomic E-state index is 0.0594. The molecule has 1 saturated carbocycles. The van der Waals surface area contributed by atoms with Gasteiger partial charge in [0.1, 0.15) is 0 Å². The maximum Gasteiger partial charge on any atom is 0.306 e. The van der Waals surface area contributed by atoms with E-state index in [1.54, 1.807) is 6.20 Å². The summed E-state index contributed by atoms with van der Waals surface area (Å²) in [6.45, 7) is 0.298. The third kappa shape index (κ3) is 3.14. The number of thiazole rings is 1. The number of aromatic nitrogens is 2. The Morgan fingerprint density at radius 2 is 2.19 bits per heavy atom. The highest BCUT2D eigenvalue weighted by Crippen LogP contribution is 2.26. The number of hydrogen-bond acceptors (Lipinski definition) is 5. The molecule has 1 fully saturated rings. The van der Waals surface area contributed by atoms with Gasteiger partial charge in [0, 0.05) is 17.6 Å². The fraction of sp³-hybridized carbons (Fsp3) is 0.500. The predicted octanol–water partition coefficient (Wildman–Crippen LogP) is 1.92. The number of fused-ring (bicyclic) bond motifs is 1. The molecular formula is C14H16N2O4S. The summed E-state index contributed by atoms with van der Waals surface area (Å²) in [5.41, 5.74) is 0.525. The van der Waals surface area contributed by atoms with Crippen LogP contribution in [0.5, 0.6) is 0 Å². The van der Waals surface area contributed by atoms with Crippen LogP contribution in [0.3, 0.4) is 0 Å². The molecule has 7 heteroatoms. The highest BCUT2D eigenvalue weighted by molar-refractivity contribution is 7.15. The molecule has 6 nitrogen and oxygen atoms in total. The smallest absolute Gasteiger partial charge is 0.306 e. The molecule has 1 aliphatic rings. The van der Waals surface area contributed by atoms with E-state index < -0.39 is 5.97 Å². The Morgan fingerprint density at radius 3 is 2.90 bits per heavy atom. The van der Waals surface area contributed by atoms with Gasteiger partial charge in [-0.25, -0.2) is 4.98 Å². The molecule has 3 rings (SSSR count). The van der Waals surface area contributed by atoms with E-state index in [4.69, 9.17) is 9.84 Å². The second-order valence-electron chi connectivity index (χ2n) is 5.26. The largest absolute Gasteiger partial charge is 0.481 e. The van der Waals surface area contributed by atoms with Crippen molar-refractivity contribution in [3.8, 4) is 0 Å². The number of rotatable bonds is 4. The zero-order chi connectivity index (χ0) is 14.8. The van der Waals surface area contributed by atoms with Gasteiger partial charge in [0.2, 0.25) is 0 Å². The van der Waals surface area contributed by atoms with E-state index in [0.29, 0.717) is 30.1 Å². The topological polar surface area (TPSA) is 80.9 Å². The van der Waals surface area contributed by atoms with Gasteiger partial charge >= 0.3 is 5.97 Å². The first-order valence-corrected chi connectivity index (χ1v) is 7.81. The van der Waals surface area contributed by atoms with Gasteiger partial charge < -0.3 is 9.84 Å². The summed E-state index contributed by atoms with van der Waals surface area (Å²) in [7, 11) is 0. The number of hydrogen-bond donors (Lipinski definition) is 1. The standard InChI is InChI=1S/C14H16N2O4S/c17-12-7-10(15-14-16(12)5-6-21-14)8-20-11-3-1-9(2-4-11)13(18)19/h5-7,9,11H,1-4,8H2,(H,18,19). The van der Waals surface area contributed by atoms with Gasteiger partial charge in [-0.05, 0) is 25.7 Å². The van der Waals surface area contributed by atoms with E-state index in [0.717, 1.165) is 12.8 Å². The van der Waals surface area contributed by atoms with Crippen molar-refractivity contribution in [2.75, 3.05) is 0 Å². The maximum atomic E-state index is 11.8. The van der Waals surface area contributed by atoms with Crippen molar-refractivity contribution in [1.82, 2.24) is 9.38 Å². The highest BCUT2D eigenvalue weighted by atomic mass is 32.1. The molecule has 1 N–H and O–H groups in total. The molecular weight excluding hydrogens is 292 g/mol. The van der Waals surface area contributed by atoms with Crippen LogP contribution in [0, 0.1) is 5.92 Å². The van der Waals surface area contributed by atoms with E-state index in [1.807, 2.05) is 5.38 Å². The number of carbonyl (C=O) groups is 1. The zero-order valence-electron chi connectivity index (χ0n) is 11.4. The molecule has 2 aromatic rings. The number of aliphatic carboxylic acids is 1. The Hall–Kier alpha value is -1.73. The van der Waals surface area contributed by atoms with Gasteiger partial charge in [0.15, 0.2) is 4.96 Å². The molecule has 2 aromatic heterocycles. The van der Waals surface area contributed by atoms with Crippen LogP contribution in [-0.2, 0) is 16.1 Å². The zero-order valence-corrected chi connectivity index (χ0v) is 12.2. The molecule has 0 bridgehead atoms. The SMILES string of the molecule is O=C(O)C1CCC(OCc2cc(=O)n3ccsc3n2)CC1. The quantitative estimate of drug-likeness (QED) is 0.933. The summed E-state index contributed by atoms with van der Waals surface area (Å²) in [5.74, 6) is -0.957. The molecule has 112 valence electrons. The van der Waals surface area contributed by atoms with Crippen molar-refractivity contribution in [1.29, 1.82) is 0 Å². The average Bonchev–Trinajstić information content (AvgIpc) is 2.94. The molecule has 21 heavy (non-hydrogen) atoms. The van der Waals surface area contributed by atoms with E-state index in [1.165, 1.54) is 21.8 Å². The number of nitrogens with zero attached hydrogens (tertiary/aromatic N) is 2. The number of carboxylic acids is 1. The second-order valence-corrected chi connectivity index (χ2v) is 6.14. The van der Waals surface area contributed by atoms with E-state index in [2.05, 4.69) is 4.98 Å². The second kappa shape index (κ2) is 5.95. The summed E-state index contributed by atoms with van der Waals surface area (Å²) in [5, 5.41) is 10.8. The van der Waals surface area contributed by atoms with Gasteiger partial charge in [0.05, 0.1) is 24.3 Å². The van der Waals surface area contributed by atoms with Crippen molar-refractivity contribution in [2.45, 2.75) is 38.4 Å². The van der Waals surface area contributed by atoms with Crippen LogP contribution < -0.4 is 5.56 Å². The minimum Gasteiger partial charge on any atom is -0.481 e. The minimum atomic E-state index is -0.716. The Bertz CT molecular complexity index is 700. The molecule has 0 aromatic carbocycles. The van der Waals surface area contributed by atoms with Crippen molar-refractivity contribution in [3.63, 3.8) is 0 Å². The van der Waals surface area contributed by atoms with Crippen molar-refractivity contribution in [2.24, 2.45) is 5.92 Å². The molecule has 0 amide bonds. The summed E-state index contributed by atoms with van der Waals surface area (Å²) in [6, 6.07) is 1.49. The molecule has 0 saturated heterocycles. The molecule has 2 heterocycles. The van der Waals surface area contributed by atoms with Gasteiger partial charge in [-0.1, -0.05) is 0 Å². The number of ether oxygens (including phenoxy) is 1. The van der Waals surface area contributed by atoms with Crippen LogP contribution >= 0.6 is 11.3 Å². The van der Waals surface area contributed by atoms with Crippen molar-refractivity contribution < 1.29 is 14.6 Å². The van der Waals surface area contributed by atoms with E-state index in [-0.39, 0.29) is 17.6 Å². The Labute approximate surface area is 125 Å². The Morgan fingerprint density at radius 1 is 1.43 bits per heavy atom. The van der Waals surface area contributed by atoms with Crippen molar-refractivity contribution in [3.05, 3.63) is 33.7 Å². The third-order valence-electron chi connectivity index (χ3n) is 3.85. The Kier molecular flexibility index (Phi) is 4.03. The third-order valence-corrected chi connectivity index (χ3v) is 4.60. The lowest BCUT2D eigenvalue weighted by Crippen LogP contribution is -2.26. The Balaban J connectivity index is 1.60. The van der Waals surface area contributed by atoms with Crippen LogP contribution in [0.1, 0.15) is 31.4 Å². The molecule has 0 atom stereocenters. The van der Waals surface area contributed by atoms with Gasteiger partial charge in [-0.2, -0.15) is 0 Å². The fourth-order valence-corrected chi connectivity index (χ4v) is 3.38. The lowest BCUT2D eigenvalue weighted by Gasteiger charge is -2.26. The van der Waals surface area contributed by atoms with E-state index in [9.17, 15) is 9.59 Å². The van der Waals surface area contributed by atoms with Crippen LogP contribution in [-0.4, -0.2) is 26.6 Å². The van der Waals surface area contributed by atoms with Gasteiger partial charge in [0.25, 0.3) is 5.56 Å². The molecule has 0 spiro atoms. The monoisotopic (exact) mass is 308 g/mol. The van der Waals surface area contributed by atoms with Gasteiger partial charge in [-0.3, -0.25) is 14.0 Å². The fourth-order valence-electron chi connectivity index (χ4n) is 2.64. The number of carboxylic acid groups (broad SMARTS) is 1. The van der Waals surface area contributed by atoms with Crippen molar-refractivity contribution >= 4 is 22.3 Å². The molecule has 0 radical (unpaired) electrons. The first kappa shape index (κ1) is 14.2. The van der Waals surface area contributed by atoms with Gasteiger partial charge in [-0.15, -0.1) is 11.3 Å². The highest BCUT2D eigenvalue weighted by Gasteiger charge is 2.26. The lowest BCUT2D eigenvalue weighted by atomic mass is 9.87. The van der Waals surface area contributed by atoms with Crippen LogP contribution in [0.4, 0.5) is 0 Å².